The predicted octanol–water partition coefficient (Wildman–Crippen LogP) is 3.98. The zero-order chi connectivity index (χ0) is 10.5. The maximum Gasteiger partial charge on any atom is 0.00748 e. The van der Waals surface area contributed by atoms with E-state index < -0.39 is 0 Å². The SMILES string of the molecule is SCCCCSc1ccc2c(c1)CCC2. The van der Waals surface area contributed by atoms with Crippen LogP contribution in [0.2, 0.25) is 0 Å². The van der Waals surface area contributed by atoms with Crippen LogP contribution in [0.3, 0.4) is 0 Å². The molecule has 2 heteroatoms. The fourth-order valence-corrected chi connectivity index (χ4v) is 3.24. The van der Waals surface area contributed by atoms with E-state index in [0.29, 0.717) is 0 Å². The molecule has 0 radical (unpaired) electrons. The number of thiol groups is 1. The van der Waals surface area contributed by atoms with Crippen molar-refractivity contribution in [1.82, 2.24) is 0 Å². The second kappa shape index (κ2) is 5.86. The summed E-state index contributed by atoms with van der Waals surface area (Å²) in [5.74, 6) is 2.25. The van der Waals surface area contributed by atoms with Gasteiger partial charge in [0.25, 0.3) is 0 Å². The van der Waals surface area contributed by atoms with Crippen LogP contribution >= 0.6 is 24.4 Å². The number of unbranched alkanes of at least 4 members (excludes halogenated alkanes) is 1. The molecule has 0 saturated carbocycles. The molecule has 1 aliphatic rings. The molecule has 0 aromatic heterocycles. The van der Waals surface area contributed by atoms with Crippen molar-refractivity contribution in [3.63, 3.8) is 0 Å². The van der Waals surface area contributed by atoms with Gasteiger partial charge in [0, 0.05) is 4.90 Å². The highest BCUT2D eigenvalue weighted by Crippen LogP contribution is 2.27. The predicted molar refractivity (Wildman–Crippen MR) is 72.3 cm³/mol. The summed E-state index contributed by atoms with van der Waals surface area (Å²) in [6.45, 7) is 0. The molecule has 82 valence electrons. The van der Waals surface area contributed by atoms with Crippen molar-refractivity contribution in [2.75, 3.05) is 11.5 Å². The van der Waals surface area contributed by atoms with Crippen molar-refractivity contribution in [3.05, 3.63) is 29.3 Å². The van der Waals surface area contributed by atoms with Gasteiger partial charge in [-0.25, -0.2) is 0 Å². The van der Waals surface area contributed by atoms with Crippen molar-refractivity contribution >= 4 is 24.4 Å². The van der Waals surface area contributed by atoms with Crippen molar-refractivity contribution in [1.29, 1.82) is 0 Å². The number of thioether (sulfide) groups is 1. The normalized spacial score (nSPS) is 14.2. The summed E-state index contributed by atoms with van der Waals surface area (Å²) in [6.07, 6.45) is 6.45. The van der Waals surface area contributed by atoms with E-state index in [9.17, 15) is 0 Å². The maximum atomic E-state index is 4.22. The van der Waals surface area contributed by atoms with Gasteiger partial charge < -0.3 is 0 Å². The molecule has 2 rings (SSSR count). The van der Waals surface area contributed by atoms with E-state index in [0.717, 1.165) is 5.75 Å². The molecular weight excluding hydrogens is 220 g/mol. The van der Waals surface area contributed by atoms with Gasteiger partial charge in [-0.1, -0.05) is 6.07 Å². The van der Waals surface area contributed by atoms with Gasteiger partial charge in [0.15, 0.2) is 0 Å². The third kappa shape index (κ3) is 3.18. The average molecular weight is 238 g/mol. The summed E-state index contributed by atoms with van der Waals surface area (Å²) in [4.78, 5) is 1.45. The smallest absolute Gasteiger partial charge is 0.00748 e. The second-order valence-electron chi connectivity index (χ2n) is 4.06. The lowest BCUT2D eigenvalue weighted by molar-refractivity contribution is 0.909. The largest absolute Gasteiger partial charge is 0.179 e. The quantitative estimate of drug-likeness (QED) is 0.460. The van der Waals surface area contributed by atoms with E-state index in [1.54, 1.807) is 11.1 Å². The number of fused-ring (bicyclic) bond motifs is 1. The fraction of sp³-hybridized carbons (Fsp3) is 0.538. The van der Waals surface area contributed by atoms with Gasteiger partial charge in [0.2, 0.25) is 0 Å². The van der Waals surface area contributed by atoms with Gasteiger partial charge >= 0.3 is 0 Å². The summed E-state index contributed by atoms with van der Waals surface area (Å²) in [7, 11) is 0. The van der Waals surface area contributed by atoms with E-state index in [1.807, 2.05) is 11.8 Å². The van der Waals surface area contributed by atoms with Gasteiger partial charge in [0.1, 0.15) is 0 Å². The van der Waals surface area contributed by atoms with Crippen LogP contribution in [0.4, 0.5) is 0 Å². The molecule has 0 heterocycles. The van der Waals surface area contributed by atoms with Gasteiger partial charge in [-0.2, -0.15) is 12.6 Å². The zero-order valence-corrected chi connectivity index (χ0v) is 10.7. The fourth-order valence-electron chi connectivity index (χ4n) is 2.04. The lowest BCUT2D eigenvalue weighted by Gasteiger charge is -2.04. The standard InChI is InChI=1S/C13H18S2/c14-8-1-2-9-15-13-7-6-11-4-3-5-12(11)10-13/h6-7,10,14H,1-5,8-9H2. The van der Waals surface area contributed by atoms with Crippen LogP contribution in [0.25, 0.3) is 0 Å². The summed E-state index contributed by atoms with van der Waals surface area (Å²) in [5.41, 5.74) is 3.17. The monoisotopic (exact) mass is 238 g/mol. The van der Waals surface area contributed by atoms with Crippen molar-refractivity contribution < 1.29 is 0 Å². The Labute approximate surface area is 102 Å². The molecule has 1 aromatic carbocycles. The third-order valence-electron chi connectivity index (χ3n) is 2.89. The summed E-state index contributed by atoms with van der Waals surface area (Å²) in [6, 6.07) is 7.01. The molecule has 0 N–H and O–H groups in total. The zero-order valence-electron chi connectivity index (χ0n) is 9.04. The van der Waals surface area contributed by atoms with Crippen molar-refractivity contribution in [2.24, 2.45) is 0 Å². The summed E-state index contributed by atoms with van der Waals surface area (Å²) < 4.78 is 0. The Morgan fingerprint density at radius 2 is 2.00 bits per heavy atom. The van der Waals surface area contributed by atoms with Gasteiger partial charge in [-0.05, 0) is 66.9 Å². The van der Waals surface area contributed by atoms with E-state index >= 15 is 0 Å². The highest BCUT2D eigenvalue weighted by Gasteiger charge is 2.10. The number of benzene rings is 1. The van der Waals surface area contributed by atoms with Crippen LogP contribution in [-0.2, 0) is 12.8 Å². The van der Waals surface area contributed by atoms with Crippen LogP contribution in [0.15, 0.2) is 23.1 Å². The van der Waals surface area contributed by atoms with Crippen LogP contribution in [0.1, 0.15) is 30.4 Å². The Morgan fingerprint density at radius 3 is 2.87 bits per heavy atom. The van der Waals surface area contributed by atoms with Crippen LogP contribution in [0.5, 0.6) is 0 Å². The van der Waals surface area contributed by atoms with Crippen LogP contribution in [-0.4, -0.2) is 11.5 Å². The topological polar surface area (TPSA) is 0 Å². The van der Waals surface area contributed by atoms with Crippen molar-refractivity contribution in [3.8, 4) is 0 Å². The Balaban J connectivity index is 1.87. The summed E-state index contributed by atoms with van der Waals surface area (Å²) >= 11 is 6.22. The first kappa shape index (κ1) is 11.4. The van der Waals surface area contributed by atoms with E-state index in [2.05, 4.69) is 30.8 Å². The van der Waals surface area contributed by atoms with E-state index in [1.165, 1.54) is 42.8 Å². The molecule has 0 amide bonds. The number of aryl methyl sites for hydroxylation is 2. The molecule has 0 bridgehead atoms. The van der Waals surface area contributed by atoms with Crippen LogP contribution in [0, 0.1) is 0 Å². The molecule has 0 saturated heterocycles. The molecular formula is C13H18S2. The molecule has 0 fully saturated rings. The molecule has 1 aromatic rings. The number of hydrogen-bond donors (Lipinski definition) is 1. The van der Waals surface area contributed by atoms with Crippen molar-refractivity contribution in [2.45, 2.75) is 37.0 Å². The summed E-state index contributed by atoms with van der Waals surface area (Å²) in [5, 5.41) is 0. The minimum atomic E-state index is 1.02. The highest BCUT2D eigenvalue weighted by molar-refractivity contribution is 7.99. The molecule has 0 spiro atoms. The maximum absolute atomic E-state index is 4.22. The van der Waals surface area contributed by atoms with Gasteiger partial charge in [-0.3, -0.25) is 0 Å². The molecule has 0 atom stereocenters. The molecule has 0 unspecified atom stereocenters. The van der Waals surface area contributed by atoms with E-state index in [-0.39, 0.29) is 0 Å². The molecule has 0 nitrogen and oxygen atoms in total. The van der Waals surface area contributed by atoms with E-state index in [4.69, 9.17) is 0 Å². The first-order chi connectivity index (χ1) is 7.40. The molecule has 15 heavy (non-hydrogen) atoms. The second-order valence-corrected chi connectivity index (χ2v) is 5.68. The molecule has 1 aliphatic carbocycles. The Bertz CT molecular complexity index is 320. The lowest BCUT2D eigenvalue weighted by atomic mass is 10.1. The minimum Gasteiger partial charge on any atom is -0.179 e. The first-order valence-electron chi connectivity index (χ1n) is 5.75. The van der Waals surface area contributed by atoms with Gasteiger partial charge in [0.05, 0.1) is 0 Å². The third-order valence-corrected chi connectivity index (χ3v) is 4.29. The highest BCUT2D eigenvalue weighted by atomic mass is 32.2. The first-order valence-corrected chi connectivity index (χ1v) is 7.37. The number of rotatable bonds is 5. The van der Waals surface area contributed by atoms with Crippen LogP contribution < -0.4 is 0 Å². The Kier molecular flexibility index (Phi) is 4.45. The van der Waals surface area contributed by atoms with Gasteiger partial charge in [-0.15, -0.1) is 11.8 Å². The Morgan fingerprint density at radius 1 is 1.13 bits per heavy atom. The number of hydrogen-bond acceptors (Lipinski definition) is 2. The Hall–Kier alpha value is -0.0800. The lowest BCUT2D eigenvalue weighted by Crippen LogP contribution is -1.85. The average Bonchev–Trinajstić information content (AvgIpc) is 2.71. The molecule has 0 aliphatic heterocycles. The minimum absolute atomic E-state index is 1.02.